The van der Waals surface area contributed by atoms with Gasteiger partial charge in [-0.2, -0.15) is 0 Å². The fraction of sp³-hybridized carbons (Fsp3) is 0.462. The molecular weight excluding hydrogens is 474 g/mol. The maximum absolute atomic E-state index is 13.3. The number of aryl methyl sites for hydroxylation is 1. The lowest BCUT2D eigenvalue weighted by molar-refractivity contribution is 0.0631. The predicted molar refractivity (Wildman–Crippen MR) is 135 cm³/mol. The van der Waals surface area contributed by atoms with Gasteiger partial charge in [-0.25, -0.2) is 8.78 Å². The summed E-state index contributed by atoms with van der Waals surface area (Å²) in [6, 6.07) is 9.54. The van der Waals surface area contributed by atoms with Crippen molar-refractivity contribution in [1.29, 1.82) is 0 Å². The third-order valence-electron chi connectivity index (χ3n) is 7.14. The third-order valence-corrected chi connectivity index (χ3v) is 7.48. The number of hydrogen-bond acceptors (Lipinski definition) is 3. The molecule has 3 heterocycles. The van der Waals surface area contributed by atoms with E-state index in [0.717, 1.165) is 29.4 Å². The van der Waals surface area contributed by atoms with Crippen LogP contribution in [0.15, 0.2) is 35.1 Å². The molecule has 1 aliphatic rings. The van der Waals surface area contributed by atoms with Crippen LogP contribution in [0.1, 0.15) is 53.1 Å². The first kappa shape index (κ1) is 25.4. The molecule has 6 nitrogen and oxygen atoms in total. The Morgan fingerprint density at radius 2 is 1.91 bits per heavy atom. The zero-order valence-electron chi connectivity index (χ0n) is 20.2. The molecule has 2 N–H and O–H groups in total. The first-order valence-corrected chi connectivity index (χ1v) is 12.3. The second-order valence-electron chi connectivity index (χ2n) is 9.41. The van der Waals surface area contributed by atoms with E-state index in [9.17, 15) is 18.4 Å². The first-order chi connectivity index (χ1) is 16.7. The van der Waals surface area contributed by atoms with E-state index in [1.165, 1.54) is 0 Å². The molecule has 35 heavy (non-hydrogen) atoms. The number of para-hydroxylation sites is 1. The number of aromatic amines is 1. The summed E-state index contributed by atoms with van der Waals surface area (Å²) in [6.45, 7) is 6.96. The van der Waals surface area contributed by atoms with Crippen LogP contribution in [0.5, 0.6) is 0 Å². The monoisotopic (exact) mass is 504 g/mol. The Kier molecular flexibility index (Phi) is 7.62. The van der Waals surface area contributed by atoms with Crippen molar-refractivity contribution in [3.63, 3.8) is 0 Å². The summed E-state index contributed by atoms with van der Waals surface area (Å²) < 4.78 is 27.7. The number of nitrogens with zero attached hydrogens (tertiary/aromatic N) is 2. The average Bonchev–Trinajstić information content (AvgIpc) is 3.09. The molecule has 1 saturated heterocycles. The van der Waals surface area contributed by atoms with Gasteiger partial charge in [0.25, 0.3) is 17.9 Å². The zero-order valence-corrected chi connectivity index (χ0v) is 21.0. The normalized spacial score (nSPS) is 16.2. The number of H-pyrrole nitrogens is 1. The molecule has 1 fully saturated rings. The lowest BCUT2D eigenvalue weighted by Crippen LogP contribution is -2.38. The number of benzene rings is 1. The molecule has 9 heteroatoms. The van der Waals surface area contributed by atoms with Crippen molar-refractivity contribution < 1.29 is 13.6 Å². The Morgan fingerprint density at radius 1 is 1.23 bits per heavy atom. The summed E-state index contributed by atoms with van der Waals surface area (Å²) in [5, 5.41) is 4.03. The van der Waals surface area contributed by atoms with Gasteiger partial charge >= 0.3 is 0 Å². The van der Waals surface area contributed by atoms with Gasteiger partial charge in [-0.3, -0.25) is 14.5 Å². The Labute approximate surface area is 208 Å². The molecule has 3 aromatic rings. The molecule has 0 aliphatic carbocycles. The van der Waals surface area contributed by atoms with Gasteiger partial charge < -0.3 is 14.9 Å². The van der Waals surface area contributed by atoms with E-state index >= 15 is 0 Å². The number of hydrogen-bond donors (Lipinski definition) is 2. The molecule has 1 aromatic carbocycles. The van der Waals surface area contributed by atoms with Crippen LogP contribution in [0.25, 0.3) is 10.9 Å². The number of pyridine rings is 1. The fourth-order valence-corrected chi connectivity index (χ4v) is 5.64. The highest BCUT2D eigenvalue weighted by Crippen LogP contribution is 2.35. The van der Waals surface area contributed by atoms with E-state index in [1.807, 2.05) is 36.1 Å². The van der Waals surface area contributed by atoms with Crippen LogP contribution in [-0.2, 0) is 6.54 Å². The lowest BCUT2D eigenvalue weighted by atomic mass is 9.90. The second-order valence-corrected chi connectivity index (χ2v) is 9.82. The van der Waals surface area contributed by atoms with Crippen LogP contribution in [0.4, 0.5) is 8.78 Å². The van der Waals surface area contributed by atoms with Gasteiger partial charge in [-0.1, -0.05) is 29.8 Å². The van der Waals surface area contributed by atoms with Crippen molar-refractivity contribution in [2.75, 3.05) is 19.6 Å². The topological polar surface area (TPSA) is 70.1 Å². The largest absolute Gasteiger partial charge is 0.348 e. The van der Waals surface area contributed by atoms with E-state index in [0.29, 0.717) is 40.9 Å². The number of alkyl halides is 2. The number of fused-ring (bicyclic) bond motifs is 1. The van der Waals surface area contributed by atoms with E-state index in [1.54, 1.807) is 13.0 Å². The Balaban J connectivity index is 1.58. The van der Waals surface area contributed by atoms with Crippen molar-refractivity contribution in [3.05, 3.63) is 68.2 Å². The average molecular weight is 505 g/mol. The number of piperidine rings is 1. The van der Waals surface area contributed by atoms with Crippen molar-refractivity contribution >= 4 is 28.4 Å². The van der Waals surface area contributed by atoms with Gasteiger partial charge in [0, 0.05) is 28.3 Å². The predicted octanol–water partition coefficient (Wildman–Crippen LogP) is 5.07. The first-order valence-electron chi connectivity index (χ1n) is 11.9. The summed E-state index contributed by atoms with van der Waals surface area (Å²) in [4.78, 5) is 30.2. The highest BCUT2D eigenvalue weighted by atomic mass is 35.5. The van der Waals surface area contributed by atoms with Gasteiger partial charge in [-0.05, 0) is 64.8 Å². The van der Waals surface area contributed by atoms with Gasteiger partial charge in [0.15, 0.2) is 0 Å². The maximum atomic E-state index is 13.3. The lowest BCUT2D eigenvalue weighted by Gasteiger charge is -2.36. The molecule has 4 rings (SSSR count). The van der Waals surface area contributed by atoms with Crippen LogP contribution in [0, 0.1) is 19.8 Å². The molecule has 2 aromatic heterocycles. The smallest absolute Gasteiger partial charge is 0.254 e. The molecule has 0 unspecified atom stereocenters. The number of carbonyl (C=O) groups excluding carboxylic acids is 1. The minimum Gasteiger partial charge on any atom is -0.348 e. The summed E-state index contributed by atoms with van der Waals surface area (Å²) in [6.07, 6.45) is -0.655. The number of carbonyl (C=O) groups is 1. The maximum Gasteiger partial charge on any atom is 0.254 e. The minimum atomic E-state index is -2.31. The number of likely N-dealkylation sites (tertiary alicyclic amines) is 1. The Morgan fingerprint density at radius 3 is 2.57 bits per heavy atom. The van der Waals surface area contributed by atoms with Gasteiger partial charge in [-0.15, -0.1) is 0 Å². The third kappa shape index (κ3) is 5.28. The quantitative estimate of drug-likeness (QED) is 0.472. The SMILES string of the molecule is Cc1cc(Cl)c(CNC(=O)c2c(C)n([C@H](C)C3CCN(CC(F)F)CC3)c3ccccc23)c(=O)[nH]1. The summed E-state index contributed by atoms with van der Waals surface area (Å²) in [5.74, 6) is 0.0479. The fourth-order valence-electron chi connectivity index (χ4n) is 5.32. The van der Waals surface area contributed by atoms with Crippen LogP contribution < -0.4 is 10.9 Å². The van der Waals surface area contributed by atoms with Gasteiger partial charge in [0.2, 0.25) is 0 Å². The number of nitrogens with one attached hydrogen (secondary N) is 2. The number of aromatic nitrogens is 2. The second kappa shape index (κ2) is 10.5. The highest BCUT2D eigenvalue weighted by molar-refractivity contribution is 6.31. The number of rotatable bonds is 7. The van der Waals surface area contributed by atoms with Crippen LogP contribution in [0.2, 0.25) is 5.02 Å². The van der Waals surface area contributed by atoms with Crippen LogP contribution in [0.3, 0.4) is 0 Å². The molecule has 0 spiro atoms. The van der Waals surface area contributed by atoms with Gasteiger partial charge in [0.05, 0.1) is 29.2 Å². The summed E-state index contributed by atoms with van der Waals surface area (Å²) in [7, 11) is 0. The van der Waals surface area contributed by atoms with E-state index < -0.39 is 6.43 Å². The van der Waals surface area contributed by atoms with E-state index in [2.05, 4.69) is 21.8 Å². The summed E-state index contributed by atoms with van der Waals surface area (Å²) in [5.41, 5.74) is 3.03. The van der Waals surface area contributed by atoms with Crippen molar-refractivity contribution in [2.45, 2.75) is 52.6 Å². The molecule has 1 atom stereocenters. The minimum absolute atomic E-state index is 0.0182. The Bertz CT molecular complexity index is 1280. The molecule has 1 aliphatic heterocycles. The van der Waals surface area contributed by atoms with Crippen molar-refractivity contribution in [2.24, 2.45) is 5.92 Å². The summed E-state index contributed by atoms with van der Waals surface area (Å²) >= 11 is 6.24. The molecule has 0 saturated carbocycles. The van der Waals surface area contributed by atoms with Crippen molar-refractivity contribution in [1.82, 2.24) is 19.8 Å². The molecular formula is C26H31ClF2N4O2. The molecule has 1 amide bonds. The standard InChI is InChI=1S/C26H31ClF2N4O2/c1-15-12-21(27)20(25(34)31-15)13-30-26(35)24-17(3)33(22-7-5-4-6-19(22)24)16(2)18-8-10-32(11-9-18)14-23(28)29/h4-7,12,16,18,23H,8-11,13-14H2,1-3H3,(H,30,35)(H,31,34)/t16-/m1/s1. The number of halogens is 3. The van der Waals surface area contributed by atoms with Crippen molar-refractivity contribution in [3.8, 4) is 0 Å². The van der Waals surface area contributed by atoms with Gasteiger partial charge in [0.1, 0.15) is 0 Å². The van der Waals surface area contributed by atoms with E-state index in [4.69, 9.17) is 11.6 Å². The molecule has 0 radical (unpaired) electrons. The van der Waals surface area contributed by atoms with Crippen LogP contribution in [-0.4, -0.2) is 46.4 Å². The Hall–Kier alpha value is -2.71. The zero-order chi connectivity index (χ0) is 25.3. The van der Waals surface area contributed by atoms with Crippen LogP contribution >= 0.6 is 11.6 Å². The number of amides is 1. The van der Waals surface area contributed by atoms with E-state index in [-0.39, 0.29) is 30.6 Å². The highest BCUT2D eigenvalue weighted by Gasteiger charge is 2.29. The molecule has 0 bridgehead atoms. The molecule has 188 valence electrons.